The first kappa shape index (κ1) is 24.9. The molecule has 0 aliphatic carbocycles. The molecule has 3 aromatic carbocycles. The summed E-state index contributed by atoms with van der Waals surface area (Å²) in [5.74, 6) is -0.929. The predicted octanol–water partition coefficient (Wildman–Crippen LogP) is 5.31. The Morgan fingerprint density at radius 2 is 1.74 bits per heavy atom. The first-order chi connectivity index (χ1) is 18.9. The van der Waals surface area contributed by atoms with Crippen LogP contribution in [-0.4, -0.2) is 58.5 Å². The highest BCUT2D eigenvalue weighted by molar-refractivity contribution is 6.11. The molecule has 2 N–H and O–H groups in total. The van der Waals surface area contributed by atoms with E-state index >= 15 is 0 Å². The molecule has 39 heavy (non-hydrogen) atoms. The van der Waals surface area contributed by atoms with Crippen molar-refractivity contribution in [2.24, 2.45) is 0 Å². The minimum Gasteiger partial charge on any atom is -0.352 e. The molecule has 6 rings (SSSR count). The number of anilines is 2. The van der Waals surface area contributed by atoms with Crippen LogP contribution in [0.1, 0.15) is 21.5 Å². The van der Waals surface area contributed by atoms with Crippen molar-refractivity contribution >= 4 is 39.3 Å². The molecule has 2 aromatic heterocycles. The third-order valence-corrected chi connectivity index (χ3v) is 7.31. The molecule has 198 valence electrons. The Kier molecular flexibility index (Phi) is 6.66. The van der Waals surface area contributed by atoms with Crippen LogP contribution in [0.4, 0.5) is 20.3 Å². The molecule has 9 heteroatoms. The fourth-order valence-electron chi connectivity index (χ4n) is 5.07. The van der Waals surface area contributed by atoms with E-state index in [-0.39, 0.29) is 5.91 Å². The second kappa shape index (κ2) is 10.4. The van der Waals surface area contributed by atoms with Crippen molar-refractivity contribution in [3.63, 3.8) is 0 Å². The number of benzene rings is 3. The van der Waals surface area contributed by atoms with Gasteiger partial charge >= 0.3 is 0 Å². The molecule has 1 fully saturated rings. The number of carbonyl (C=O) groups is 1. The van der Waals surface area contributed by atoms with Gasteiger partial charge in [0.05, 0.1) is 0 Å². The van der Waals surface area contributed by atoms with Gasteiger partial charge < -0.3 is 15.2 Å². The highest BCUT2D eigenvalue weighted by atomic mass is 19.2. The topological polar surface area (TPSA) is 77.2 Å². The number of fused-ring (bicyclic) bond motifs is 3. The van der Waals surface area contributed by atoms with Crippen molar-refractivity contribution < 1.29 is 13.6 Å². The summed E-state index contributed by atoms with van der Waals surface area (Å²) in [4.78, 5) is 29.9. The van der Waals surface area contributed by atoms with Gasteiger partial charge in [0.15, 0.2) is 17.5 Å². The molecule has 0 spiro atoms. The Hall–Kier alpha value is -4.37. The maximum Gasteiger partial charge on any atom is 0.255 e. The van der Waals surface area contributed by atoms with Gasteiger partial charge in [0, 0.05) is 54.9 Å². The zero-order chi connectivity index (χ0) is 26.9. The quantitative estimate of drug-likeness (QED) is 0.313. The normalized spacial score (nSPS) is 14.3. The zero-order valence-electron chi connectivity index (χ0n) is 21.5. The van der Waals surface area contributed by atoms with E-state index in [2.05, 4.69) is 30.1 Å². The number of halogens is 2. The van der Waals surface area contributed by atoms with Crippen LogP contribution in [-0.2, 0) is 6.42 Å². The van der Waals surface area contributed by atoms with E-state index < -0.39 is 11.6 Å². The molecule has 1 amide bonds. The minimum atomic E-state index is -0.816. The van der Waals surface area contributed by atoms with E-state index in [1.807, 2.05) is 49.4 Å². The Bertz CT molecular complexity index is 1660. The number of carbonyl (C=O) groups excluding carboxylic acids is 1. The molecule has 0 bridgehead atoms. The summed E-state index contributed by atoms with van der Waals surface area (Å²) in [7, 11) is 0. The minimum absolute atomic E-state index is 0.160. The van der Waals surface area contributed by atoms with E-state index in [0.717, 1.165) is 71.6 Å². The van der Waals surface area contributed by atoms with Crippen LogP contribution >= 0.6 is 0 Å². The van der Waals surface area contributed by atoms with Crippen molar-refractivity contribution in [1.82, 2.24) is 19.9 Å². The van der Waals surface area contributed by atoms with Crippen molar-refractivity contribution in [3.05, 3.63) is 95.3 Å². The number of hydrogen-bond donors (Lipinski definition) is 2. The average molecular weight is 527 g/mol. The molecular formula is C30H28F2N6O. The van der Waals surface area contributed by atoms with Gasteiger partial charge in [-0.05, 0) is 61.4 Å². The van der Waals surface area contributed by atoms with Gasteiger partial charge in [0.1, 0.15) is 17.4 Å². The number of piperazine rings is 1. The van der Waals surface area contributed by atoms with Crippen molar-refractivity contribution in [2.75, 3.05) is 42.9 Å². The van der Waals surface area contributed by atoms with Gasteiger partial charge in [-0.1, -0.05) is 23.8 Å². The number of amides is 1. The lowest BCUT2D eigenvalue weighted by atomic mass is 10.1. The molecule has 0 saturated carbocycles. The molecular weight excluding hydrogens is 498 g/mol. The van der Waals surface area contributed by atoms with Crippen LogP contribution in [0.2, 0.25) is 0 Å². The highest BCUT2D eigenvalue weighted by Crippen LogP contribution is 2.31. The largest absolute Gasteiger partial charge is 0.352 e. The highest BCUT2D eigenvalue weighted by Gasteiger charge is 2.22. The lowest BCUT2D eigenvalue weighted by molar-refractivity contribution is 0.102. The first-order valence-electron chi connectivity index (χ1n) is 13.0. The maximum atomic E-state index is 13.5. The SMILES string of the molecule is Cc1ccc(C(=O)Nc2ccc3[nH]c4c(N5CCN(CCc6ccc(F)c(F)c6)CC5)ncnc4c3c2)cc1. The molecule has 0 atom stereocenters. The van der Waals surface area contributed by atoms with Crippen LogP contribution in [0.5, 0.6) is 0 Å². The molecule has 0 radical (unpaired) electrons. The number of aromatic amines is 1. The van der Waals surface area contributed by atoms with Crippen LogP contribution < -0.4 is 10.2 Å². The zero-order valence-corrected chi connectivity index (χ0v) is 21.5. The summed E-state index contributed by atoms with van der Waals surface area (Å²) in [5, 5.41) is 3.90. The predicted molar refractivity (Wildman–Crippen MR) is 149 cm³/mol. The summed E-state index contributed by atoms with van der Waals surface area (Å²) in [6.07, 6.45) is 2.25. The molecule has 7 nitrogen and oxygen atoms in total. The fraction of sp³-hybridized carbons (Fsp3) is 0.233. The number of aromatic nitrogens is 3. The monoisotopic (exact) mass is 526 g/mol. The van der Waals surface area contributed by atoms with Crippen molar-refractivity contribution in [2.45, 2.75) is 13.3 Å². The van der Waals surface area contributed by atoms with Crippen LogP contribution in [0, 0.1) is 18.6 Å². The van der Waals surface area contributed by atoms with E-state index in [1.165, 1.54) is 12.1 Å². The van der Waals surface area contributed by atoms with Gasteiger partial charge in [-0.25, -0.2) is 18.7 Å². The van der Waals surface area contributed by atoms with E-state index in [4.69, 9.17) is 0 Å². The number of nitrogens with one attached hydrogen (secondary N) is 2. The molecule has 1 aliphatic heterocycles. The maximum absolute atomic E-state index is 13.5. The van der Waals surface area contributed by atoms with E-state index in [1.54, 1.807) is 12.4 Å². The van der Waals surface area contributed by atoms with Gasteiger partial charge in [0.25, 0.3) is 5.91 Å². The Balaban J connectivity index is 1.16. The Labute approximate surface area is 224 Å². The third kappa shape index (κ3) is 5.18. The molecule has 1 aliphatic rings. The fourth-order valence-corrected chi connectivity index (χ4v) is 5.07. The van der Waals surface area contributed by atoms with E-state index in [0.29, 0.717) is 17.7 Å². The summed E-state index contributed by atoms with van der Waals surface area (Å²) >= 11 is 0. The van der Waals surface area contributed by atoms with Gasteiger partial charge in [-0.3, -0.25) is 9.69 Å². The molecule has 0 unspecified atom stereocenters. The smallest absolute Gasteiger partial charge is 0.255 e. The number of hydrogen-bond acceptors (Lipinski definition) is 5. The van der Waals surface area contributed by atoms with Crippen LogP contribution in [0.15, 0.2) is 67.0 Å². The third-order valence-electron chi connectivity index (χ3n) is 7.31. The first-order valence-corrected chi connectivity index (χ1v) is 13.0. The molecule has 5 aromatic rings. The standard InChI is InChI=1S/C30H28F2N6O/c1-19-2-5-21(6-3-19)30(39)35-22-7-9-26-23(17-22)27-28(36-26)29(34-18-33-27)38-14-12-37(13-15-38)11-10-20-4-8-24(31)25(32)16-20/h2-9,16-18,36H,10-15H2,1H3,(H,35,39). The van der Waals surface area contributed by atoms with Crippen molar-refractivity contribution in [3.8, 4) is 0 Å². The summed E-state index contributed by atoms with van der Waals surface area (Å²) in [5.41, 5.74) is 5.79. The van der Waals surface area contributed by atoms with Gasteiger partial charge in [-0.15, -0.1) is 0 Å². The molecule has 3 heterocycles. The van der Waals surface area contributed by atoms with Gasteiger partial charge in [-0.2, -0.15) is 0 Å². The van der Waals surface area contributed by atoms with Crippen LogP contribution in [0.25, 0.3) is 21.9 Å². The number of nitrogens with zero attached hydrogens (tertiary/aromatic N) is 4. The lowest BCUT2D eigenvalue weighted by Gasteiger charge is -2.35. The van der Waals surface area contributed by atoms with Gasteiger partial charge in [0.2, 0.25) is 0 Å². The van der Waals surface area contributed by atoms with Crippen LogP contribution in [0.3, 0.4) is 0 Å². The summed E-state index contributed by atoms with van der Waals surface area (Å²) in [6, 6.07) is 17.3. The Morgan fingerprint density at radius 1 is 0.949 bits per heavy atom. The summed E-state index contributed by atoms with van der Waals surface area (Å²) < 4.78 is 26.7. The average Bonchev–Trinajstić information content (AvgIpc) is 3.32. The number of rotatable bonds is 6. The lowest BCUT2D eigenvalue weighted by Crippen LogP contribution is -2.47. The second-order valence-corrected chi connectivity index (χ2v) is 9.95. The molecule has 1 saturated heterocycles. The van der Waals surface area contributed by atoms with Crippen molar-refractivity contribution in [1.29, 1.82) is 0 Å². The number of aryl methyl sites for hydroxylation is 1. The summed E-state index contributed by atoms with van der Waals surface area (Å²) in [6.45, 7) is 6.02. The second-order valence-electron chi connectivity index (χ2n) is 9.95. The Morgan fingerprint density at radius 3 is 2.51 bits per heavy atom. The number of H-pyrrole nitrogens is 1. The van der Waals surface area contributed by atoms with E-state index in [9.17, 15) is 13.6 Å².